The SMILES string of the molecule is CC(C)NCCCc1nnc(-c2ccc(Cl)cn2)o1. The van der Waals surface area contributed by atoms with Gasteiger partial charge in [0.2, 0.25) is 5.89 Å². The van der Waals surface area contributed by atoms with Gasteiger partial charge in [-0.05, 0) is 25.1 Å². The van der Waals surface area contributed by atoms with Crippen molar-refractivity contribution < 1.29 is 4.42 Å². The number of nitrogens with one attached hydrogen (secondary N) is 1. The third-order valence-electron chi connectivity index (χ3n) is 2.53. The van der Waals surface area contributed by atoms with E-state index in [1.54, 1.807) is 18.3 Å². The molecule has 0 fully saturated rings. The summed E-state index contributed by atoms with van der Waals surface area (Å²) >= 11 is 5.78. The van der Waals surface area contributed by atoms with Gasteiger partial charge in [-0.3, -0.25) is 0 Å². The molecule has 0 aromatic carbocycles. The number of aromatic nitrogens is 3. The van der Waals surface area contributed by atoms with E-state index < -0.39 is 0 Å². The maximum absolute atomic E-state index is 5.78. The van der Waals surface area contributed by atoms with Crippen LogP contribution in [0.4, 0.5) is 0 Å². The van der Waals surface area contributed by atoms with Crippen LogP contribution in [0.25, 0.3) is 11.6 Å². The van der Waals surface area contributed by atoms with Crippen LogP contribution < -0.4 is 5.32 Å². The lowest BCUT2D eigenvalue weighted by Gasteiger charge is -2.05. The van der Waals surface area contributed by atoms with Gasteiger partial charge in [-0.25, -0.2) is 4.98 Å². The van der Waals surface area contributed by atoms with Crippen molar-refractivity contribution in [2.24, 2.45) is 0 Å². The Morgan fingerprint density at radius 3 is 2.84 bits per heavy atom. The second kappa shape index (κ2) is 6.63. The van der Waals surface area contributed by atoms with Crippen molar-refractivity contribution in [2.75, 3.05) is 6.54 Å². The van der Waals surface area contributed by atoms with Gasteiger partial charge in [-0.1, -0.05) is 25.4 Å². The zero-order valence-corrected chi connectivity index (χ0v) is 11.8. The molecule has 6 heteroatoms. The highest BCUT2D eigenvalue weighted by atomic mass is 35.5. The Hall–Kier alpha value is -1.46. The van der Waals surface area contributed by atoms with Crippen molar-refractivity contribution in [2.45, 2.75) is 32.7 Å². The first-order chi connectivity index (χ1) is 9.15. The third kappa shape index (κ3) is 4.29. The normalized spacial score (nSPS) is 11.2. The lowest BCUT2D eigenvalue weighted by molar-refractivity contribution is 0.483. The van der Waals surface area contributed by atoms with E-state index in [1.807, 2.05) is 0 Å². The lowest BCUT2D eigenvalue weighted by Crippen LogP contribution is -2.23. The van der Waals surface area contributed by atoms with Gasteiger partial charge in [0.25, 0.3) is 5.89 Å². The van der Waals surface area contributed by atoms with Crippen LogP contribution in [-0.2, 0) is 6.42 Å². The number of hydrogen-bond donors (Lipinski definition) is 1. The molecule has 0 spiro atoms. The number of hydrogen-bond acceptors (Lipinski definition) is 5. The van der Waals surface area contributed by atoms with Gasteiger partial charge in [-0.15, -0.1) is 10.2 Å². The Morgan fingerprint density at radius 1 is 1.32 bits per heavy atom. The van der Waals surface area contributed by atoms with Gasteiger partial charge < -0.3 is 9.73 Å². The molecule has 0 aliphatic rings. The number of rotatable bonds is 6. The van der Waals surface area contributed by atoms with Crippen LogP contribution in [0.3, 0.4) is 0 Å². The van der Waals surface area contributed by atoms with Gasteiger partial charge in [0.05, 0.1) is 5.02 Å². The van der Waals surface area contributed by atoms with Gasteiger partial charge >= 0.3 is 0 Å². The molecule has 0 atom stereocenters. The summed E-state index contributed by atoms with van der Waals surface area (Å²) in [5, 5.41) is 11.9. The molecule has 2 aromatic heterocycles. The van der Waals surface area contributed by atoms with E-state index in [4.69, 9.17) is 16.0 Å². The predicted octanol–water partition coefficient (Wildman–Crippen LogP) is 2.72. The van der Waals surface area contributed by atoms with Crippen LogP contribution in [0.15, 0.2) is 22.7 Å². The molecule has 0 bridgehead atoms. The molecule has 0 aliphatic carbocycles. The molecule has 0 aliphatic heterocycles. The van der Waals surface area contributed by atoms with Crippen molar-refractivity contribution in [3.05, 3.63) is 29.2 Å². The molecule has 19 heavy (non-hydrogen) atoms. The Labute approximate surface area is 117 Å². The molecular weight excluding hydrogens is 264 g/mol. The van der Waals surface area contributed by atoms with E-state index in [0.29, 0.717) is 28.5 Å². The highest BCUT2D eigenvalue weighted by Crippen LogP contribution is 2.17. The van der Waals surface area contributed by atoms with Crippen LogP contribution in [-0.4, -0.2) is 27.8 Å². The molecule has 1 N–H and O–H groups in total. The minimum atomic E-state index is 0.434. The summed E-state index contributed by atoms with van der Waals surface area (Å²) in [5.41, 5.74) is 0.642. The second-order valence-electron chi connectivity index (χ2n) is 4.57. The van der Waals surface area contributed by atoms with E-state index in [1.165, 1.54) is 0 Å². The van der Waals surface area contributed by atoms with E-state index in [-0.39, 0.29) is 0 Å². The van der Waals surface area contributed by atoms with Crippen LogP contribution >= 0.6 is 11.6 Å². The fourth-order valence-corrected chi connectivity index (χ4v) is 1.70. The molecule has 2 aromatic rings. The number of aryl methyl sites for hydroxylation is 1. The molecule has 2 heterocycles. The minimum Gasteiger partial charge on any atom is -0.419 e. The monoisotopic (exact) mass is 280 g/mol. The van der Waals surface area contributed by atoms with Gasteiger partial charge in [-0.2, -0.15) is 0 Å². The maximum Gasteiger partial charge on any atom is 0.266 e. The van der Waals surface area contributed by atoms with E-state index in [2.05, 4.69) is 34.3 Å². The van der Waals surface area contributed by atoms with E-state index >= 15 is 0 Å². The van der Waals surface area contributed by atoms with Crippen molar-refractivity contribution in [1.29, 1.82) is 0 Å². The number of pyridine rings is 1. The quantitative estimate of drug-likeness (QED) is 0.824. The molecule has 0 radical (unpaired) electrons. The zero-order valence-electron chi connectivity index (χ0n) is 11.1. The van der Waals surface area contributed by atoms with Crippen molar-refractivity contribution in [3.63, 3.8) is 0 Å². The predicted molar refractivity (Wildman–Crippen MR) is 74.0 cm³/mol. The van der Waals surface area contributed by atoms with Crippen LogP contribution in [0, 0.1) is 0 Å². The Kier molecular flexibility index (Phi) is 4.87. The molecule has 0 saturated carbocycles. The average molecular weight is 281 g/mol. The summed E-state index contributed by atoms with van der Waals surface area (Å²) in [6.45, 7) is 5.18. The summed E-state index contributed by atoms with van der Waals surface area (Å²) < 4.78 is 5.56. The molecule has 0 saturated heterocycles. The molecular formula is C13H17ClN4O. The summed E-state index contributed by atoms with van der Waals surface area (Å²) in [4.78, 5) is 4.14. The lowest BCUT2D eigenvalue weighted by atomic mass is 10.3. The molecule has 0 amide bonds. The van der Waals surface area contributed by atoms with E-state index in [9.17, 15) is 0 Å². The minimum absolute atomic E-state index is 0.434. The second-order valence-corrected chi connectivity index (χ2v) is 5.01. The summed E-state index contributed by atoms with van der Waals surface area (Å²) in [6, 6.07) is 4.01. The first-order valence-corrected chi connectivity index (χ1v) is 6.70. The molecule has 102 valence electrons. The Morgan fingerprint density at radius 2 is 2.16 bits per heavy atom. The summed E-state index contributed by atoms with van der Waals surface area (Å²) in [7, 11) is 0. The van der Waals surface area contributed by atoms with Gasteiger partial charge in [0.15, 0.2) is 0 Å². The highest BCUT2D eigenvalue weighted by Gasteiger charge is 2.09. The van der Waals surface area contributed by atoms with Crippen molar-refractivity contribution in [3.8, 4) is 11.6 Å². The van der Waals surface area contributed by atoms with E-state index in [0.717, 1.165) is 19.4 Å². The summed E-state index contributed by atoms with van der Waals surface area (Å²) in [6.07, 6.45) is 3.29. The third-order valence-corrected chi connectivity index (χ3v) is 2.76. The largest absolute Gasteiger partial charge is 0.419 e. The fourth-order valence-electron chi connectivity index (χ4n) is 1.59. The zero-order chi connectivity index (χ0) is 13.7. The Bertz CT molecular complexity index is 510. The van der Waals surface area contributed by atoms with Crippen LogP contribution in [0.5, 0.6) is 0 Å². The van der Waals surface area contributed by atoms with Crippen LogP contribution in [0.2, 0.25) is 5.02 Å². The average Bonchev–Trinajstić information content (AvgIpc) is 2.84. The fraction of sp³-hybridized carbons (Fsp3) is 0.462. The smallest absolute Gasteiger partial charge is 0.266 e. The molecule has 5 nitrogen and oxygen atoms in total. The summed E-state index contributed by atoms with van der Waals surface area (Å²) in [5.74, 6) is 1.07. The van der Waals surface area contributed by atoms with Crippen molar-refractivity contribution >= 4 is 11.6 Å². The van der Waals surface area contributed by atoms with Gasteiger partial charge in [0.1, 0.15) is 5.69 Å². The van der Waals surface area contributed by atoms with Gasteiger partial charge in [0, 0.05) is 18.7 Å². The maximum atomic E-state index is 5.78. The number of halogens is 1. The highest BCUT2D eigenvalue weighted by molar-refractivity contribution is 6.30. The Balaban J connectivity index is 1.90. The standard InChI is InChI=1S/C13H17ClN4O/c1-9(2)15-7-3-4-12-17-18-13(19-12)11-6-5-10(14)8-16-11/h5-6,8-9,15H,3-4,7H2,1-2H3. The van der Waals surface area contributed by atoms with Crippen LogP contribution in [0.1, 0.15) is 26.2 Å². The first kappa shape index (κ1) is 14.0. The molecule has 2 rings (SSSR count). The van der Waals surface area contributed by atoms with Crippen molar-refractivity contribution in [1.82, 2.24) is 20.5 Å². The number of nitrogens with zero attached hydrogens (tertiary/aromatic N) is 3. The topological polar surface area (TPSA) is 63.8 Å². The first-order valence-electron chi connectivity index (χ1n) is 6.33. The molecule has 0 unspecified atom stereocenters.